The topological polar surface area (TPSA) is 18.5 Å². The first kappa shape index (κ1) is 17.0. The van der Waals surface area contributed by atoms with Crippen molar-refractivity contribution in [1.29, 1.82) is 0 Å². The molecule has 3 heteroatoms. The van der Waals surface area contributed by atoms with E-state index in [0.717, 1.165) is 6.42 Å². The summed E-state index contributed by atoms with van der Waals surface area (Å²) in [5.41, 5.74) is 0. The first-order valence-corrected chi connectivity index (χ1v) is 4.96. The number of hydrogen-bond acceptors (Lipinski definition) is 2. The van der Waals surface area contributed by atoms with Crippen molar-refractivity contribution in [1.82, 2.24) is 0 Å². The van der Waals surface area contributed by atoms with Crippen molar-refractivity contribution in [3.63, 3.8) is 0 Å². The molecule has 0 amide bonds. The van der Waals surface area contributed by atoms with Crippen LogP contribution in [0.4, 0.5) is 0 Å². The molecule has 0 spiro atoms. The molecule has 0 saturated carbocycles. The summed E-state index contributed by atoms with van der Waals surface area (Å²) >= 11 is 0. The molecule has 0 aliphatic rings. The molecule has 0 aromatic carbocycles. The molecule has 0 aliphatic heterocycles. The molecule has 0 radical (unpaired) electrons. The predicted molar refractivity (Wildman–Crippen MR) is 55.1 cm³/mol. The van der Waals surface area contributed by atoms with Crippen molar-refractivity contribution < 1.29 is 30.5 Å². The van der Waals surface area contributed by atoms with Gasteiger partial charge in [-0.3, -0.25) is 0 Å². The molecular weight excluding hydrogens is 348 g/mol. The molecule has 0 N–H and O–H groups in total. The summed E-state index contributed by atoms with van der Waals surface area (Å²) < 4.78 is 10.9. The van der Waals surface area contributed by atoms with Crippen LogP contribution in [0.2, 0.25) is 0 Å². The van der Waals surface area contributed by atoms with Gasteiger partial charge in [0.25, 0.3) is 0 Å². The van der Waals surface area contributed by atoms with Crippen LogP contribution in [0, 0.1) is 19.4 Å². The zero-order valence-corrected chi connectivity index (χ0v) is 12.6. The van der Waals surface area contributed by atoms with Gasteiger partial charge in [0, 0.05) is 12.7 Å². The molecule has 0 heterocycles. The van der Waals surface area contributed by atoms with Crippen molar-refractivity contribution >= 4 is 0 Å². The average Bonchev–Trinajstić information content (AvgIpc) is 2.04. The van der Waals surface area contributed by atoms with Gasteiger partial charge in [0.1, 0.15) is 0 Å². The maximum Gasteiger partial charge on any atom is 2.00 e. The Bertz CT molecular complexity index is 104. The third-order valence-electron chi connectivity index (χ3n) is 1.56. The molecule has 0 rings (SSSR count). The summed E-state index contributed by atoms with van der Waals surface area (Å²) in [7, 11) is 0. The SMILES string of the molecule is [CH2-]CC([CH-]OC(C)C)COC(C)C.[W+2]. The van der Waals surface area contributed by atoms with E-state index in [1.807, 2.05) is 34.3 Å². The largest absolute Gasteiger partial charge is 2.00 e. The number of hydrogen-bond donors (Lipinski definition) is 0. The minimum absolute atomic E-state index is 0. The van der Waals surface area contributed by atoms with Crippen LogP contribution in [0.1, 0.15) is 34.1 Å². The van der Waals surface area contributed by atoms with E-state index in [4.69, 9.17) is 9.47 Å². The number of ether oxygens (including phenoxy) is 2. The smallest absolute Gasteiger partial charge is 0.550 e. The Morgan fingerprint density at radius 1 is 1.14 bits per heavy atom. The minimum atomic E-state index is 0. The Labute approximate surface area is 103 Å². The summed E-state index contributed by atoms with van der Waals surface area (Å²) in [6.07, 6.45) is 1.34. The van der Waals surface area contributed by atoms with Gasteiger partial charge in [-0.1, -0.05) is 0 Å². The van der Waals surface area contributed by atoms with E-state index in [9.17, 15) is 0 Å². The van der Waals surface area contributed by atoms with Crippen molar-refractivity contribution in [2.24, 2.45) is 5.92 Å². The fraction of sp³-hybridized carbons (Fsp3) is 0.818. The molecule has 84 valence electrons. The second-order valence-electron chi connectivity index (χ2n) is 3.75. The van der Waals surface area contributed by atoms with E-state index in [1.165, 1.54) is 0 Å². The Hall–Kier alpha value is 0.608. The van der Waals surface area contributed by atoms with Gasteiger partial charge in [0.05, 0.1) is 6.10 Å². The quantitative estimate of drug-likeness (QED) is 0.642. The van der Waals surface area contributed by atoms with Gasteiger partial charge in [-0.25, -0.2) is 13.0 Å². The third kappa shape index (κ3) is 10.7. The maximum atomic E-state index is 5.48. The summed E-state index contributed by atoms with van der Waals surface area (Å²) in [4.78, 5) is 0. The van der Waals surface area contributed by atoms with E-state index in [1.54, 1.807) is 0 Å². The van der Waals surface area contributed by atoms with Gasteiger partial charge in [0.15, 0.2) is 0 Å². The van der Waals surface area contributed by atoms with E-state index in [2.05, 4.69) is 6.92 Å². The third-order valence-corrected chi connectivity index (χ3v) is 1.56. The van der Waals surface area contributed by atoms with Gasteiger partial charge >= 0.3 is 21.1 Å². The summed E-state index contributed by atoms with van der Waals surface area (Å²) in [5.74, 6) is 0.310. The van der Waals surface area contributed by atoms with Crippen molar-refractivity contribution in [3.05, 3.63) is 13.5 Å². The summed E-state index contributed by atoms with van der Waals surface area (Å²) in [6, 6.07) is 0. The average molecular weight is 370 g/mol. The van der Waals surface area contributed by atoms with Crippen LogP contribution in [-0.2, 0) is 30.5 Å². The van der Waals surface area contributed by atoms with Crippen LogP contribution in [-0.4, -0.2) is 18.8 Å². The molecule has 0 aromatic heterocycles. The van der Waals surface area contributed by atoms with Crippen LogP contribution in [0.5, 0.6) is 0 Å². The summed E-state index contributed by atoms with van der Waals surface area (Å²) in [6.45, 7) is 14.5. The van der Waals surface area contributed by atoms with Crippen molar-refractivity contribution in [2.75, 3.05) is 6.61 Å². The molecule has 14 heavy (non-hydrogen) atoms. The van der Waals surface area contributed by atoms with Crippen molar-refractivity contribution in [2.45, 2.75) is 46.3 Å². The van der Waals surface area contributed by atoms with E-state index < -0.39 is 0 Å². The van der Waals surface area contributed by atoms with E-state index in [-0.39, 0.29) is 33.3 Å². The standard InChI is InChI=1S/C11H22O2.W/c1-6-11(7-12-9(2)3)8-13-10(4)5;/h7,9-11H,1,6,8H2,2-5H3;/q-2;+2. The molecule has 0 aromatic rings. The Morgan fingerprint density at radius 3 is 2.07 bits per heavy atom. The Morgan fingerprint density at radius 2 is 1.71 bits per heavy atom. The second-order valence-corrected chi connectivity index (χ2v) is 3.75. The van der Waals surface area contributed by atoms with Gasteiger partial charge in [0.2, 0.25) is 0 Å². The Balaban J connectivity index is 0. The van der Waals surface area contributed by atoms with E-state index >= 15 is 0 Å². The predicted octanol–water partition coefficient (Wildman–Crippen LogP) is 2.84. The van der Waals surface area contributed by atoms with Crippen LogP contribution < -0.4 is 0 Å². The molecule has 2 nitrogen and oxygen atoms in total. The van der Waals surface area contributed by atoms with Gasteiger partial charge < -0.3 is 16.4 Å². The molecular formula is C11H22O2W. The molecule has 0 saturated heterocycles. The Kier molecular flexibility index (Phi) is 12.3. The summed E-state index contributed by atoms with van der Waals surface area (Å²) in [5, 5.41) is 0. The fourth-order valence-corrected chi connectivity index (χ4v) is 0.775. The van der Waals surface area contributed by atoms with Crippen LogP contribution in [0.3, 0.4) is 0 Å². The second kappa shape index (κ2) is 10.1. The molecule has 0 fully saturated rings. The van der Waals surface area contributed by atoms with Crippen LogP contribution in [0.15, 0.2) is 0 Å². The molecule has 0 aliphatic carbocycles. The zero-order chi connectivity index (χ0) is 10.3. The first-order chi connectivity index (χ1) is 6.06. The molecule has 1 unspecified atom stereocenters. The normalized spacial score (nSPS) is 13.1. The van der Waals surface area contributed by atoms with Crippen molar-refractivity contribution in [3.8, 4) is 0 Å². The minimum Gasteiger partial charge on any atom is -0.550 e. The van der Waals surface area contributed by atoms with Crippen LogP contribution in [0.25, 0.3) is 0 Å². The zero-order valence-electron chi connectivity index (χ0n) is 9.66. The molecule has 1 atom stereocenters. The van der Waals surface area contributed by atoms with Gasteiger partial charge in [-0.05, 0) is 27.7 Å². The van der Waals surface area contributed by atoms with Gasteiger partial charge in [-0.2, -0.15) is 0 Å². The first-order valence-electron chi connectivity index (χ1n) is 4.96. The fourth-order valence-electron chi connectivity index (χ4n) is 0.775. The van der Waals surface area contributed by atoms with E-state index in [0.29, 0.717) is 12.5 Å². The maximum absolute atomic E-state index is 5.48. The monoisotopic (exact) mass is 370 g/mol. The van der Waals surface area contributed by atoms with Crippen LogP contribution >= 0.6 is 0 Å². The number of rotatable bonds is 7. The van der Waals surface area contributed by atoms with Gasteiger partial charge in [-0.15, -0.1) is 5.92 Å². The molecule has 0 bridgehead atoms.